The first-order valence-electron chi connectivity index (χ1n) is 4.96. The van der Waals surface area contributed by atoms with Crippen molar-refractivity contribution in [1.82, 2.24) is 9.13 Å². The Bertz CT molecular complexity index is 610. The summed E-state index contributed by atoms with van der Waals surface area (Å²) in [5, 5.41) is 9.61. The summed E-state index contributed by atoms with van der Waals surface area (Å²) >= 11 is 3.40. The third kappa shape index (κ3) is 1.51. The minimum absolute atomic E-state index is 0.0651. The highest BCUT2D eigenvalue weighted by molar-refractivity contribution is 9.10. The second kappa shape index (κ2) is 3.75. The molecule has 1 aromatic carbocycles. The fourth-order valence-electron chi connectivity index (χ4n) is 1.86. The molecule has 0 aliphatic carbocycles. The predicted molar refractivity (Wildman–Crippen MR) is 66.5 cm³/mol. The largest absolute Gasteiger partial charge is 0.389 e. The molecule has 4 nitrogen and oxygen atoms in total. The molecule has 2 aromatic rings. The van der Waals surface area contributed by atoms with Gasteiger partial charge in [-0.25, -0.2) is 4.79 Å². The van der Waals surface area contributed by atoms with Gasteiger partial charge in [0, 0.05) is 18.6 Å². The van der Waals surface area contributed by atoms with Crippen LogP contribution in [0.25, 0.3) is 11.0 Å². The van der Waals surface area contributed by atoms with Gasteiger partial charge in [-0.1, -0.05) is 15.9 Å². The fourth-order valence-corrected chi connectivity index (χ4v) is 2.52. The number of aliphatic hydroxyl groups excluding tert-OH is 1. The molecule has 0 aliphatic rings. The number of hydrogen-bond acceptors (Lipinski definition) is 2. The smallest absolute Gasteiger partial charge is 0.328 e. The first-order chi connectivity index (χ1) is 7.43. The third-order valence-electron chi connectivity index (χ3n) is 2.84. The van der Waals surface area contributed by atoms with Crippen LogP contribution in [0.5, 0.6) is 0 Å². The Balaban J connectivity index is 2.90. The zero-order valence-corrected chi connectivity index (χ0v) is 10.9. The number of nitrogens with zero attached hydrogens (tertiary/aromatic N) is 2. The van der Waals surface area contributed by atoms with E-state index in [0.717, 1.165) is 21.1 Å². The van der Waals surface area contributed by atoms with E-state index >= 15 is 0 Å². The van der Waals surface area contributed by atoms with E-state index in [4.69, 9.17) is 0 Å². The fraction of sp³-hybridized carbons (Fsp3) is 0.364. The highest BCUT2D eigenvalue weighted by atomic mass is 79.9. The van der Waals surface area contributed by atoms with Gasteiger partial charge in [0.05, 0.1) is 17.1 Å². The van der Waals surface area contributed by atoms with Crippen LogP contribution in [-0.4, -0.2) is 14.2 Å². The normalized spacial score (nSPS) is 13.3. The Labute approximate surface area is 101 Å². The Morgan fingerprint density at radius 3 is 2.25 bits per heavy atom. The molecule has 5 heteroatoms. The Morgan fingerprint density at radius 1 is 1.25 bits per heavy atom. The molecule has 1 aromatic heterocycles. The molecule has 1 heterocycles. The summed E-state index contributed by atoms with van der Waals surface area (Å²) in [5.74, 6) is 0. The summed E-state index contributed by atoms with van der Waals surface area (Å²) in [5.41, 5.74) is 2.40. The van der Waals surface area contributed by atoms with Gasteiger partial charge in [-0.05, 0) is 24.6 Å². The maximum atomic E-state index is 11.7. The minimum Gasteiger partial charge on any atom is -0.389 e. The molecule has 0 amide bonds. The van der Waals surface area contributed by atoms with E-state index in [1.807, 2.05) is 12.1 Å². The average Bonchev–Trinajstić information content (AvgIpc) is 2.43. The monoisotopic (exact) mass is 284 g/mol. The van der Waals surface area contributed by atoms with E-state index in [-0.39, 0.29) is 5.69 Å². The van der Waals surface area contributed by atoms with Crippen molar-refractivity contribution in [3.8, 4) is 0 Å². The van der Waals surface area contributed by atoms with Crippen LogP contribution < -0.4 is 5.69 Å². The van der Waals surface area contributed by atoms with Crippen LogP contribution in [0, 0.1) is 0 Å². The van der Waals surface area contributed by atoms with Crippen molar-refractivity contribution < 1.29 is 5.11 Å². The standard InChI is InChI=1S/C11H13BrN2O2/c1-6(15)7-4-9-10(5-8(7)12)14(3)11(16)13(9)2/h4-6,15H,1-3H3/t6-/m1/s1. The number of hydrogen-bond donors (Lipinski definition) is 1. The first-order valence-corrected chi connectivity index (χ1v) is 5.75. The summed E-state index contributed by atoms with van der Waals surface area (Å²) in [4.78, 5) is 11.7. The Morgan fingerprint density at radius 2 is 1.75 bits per heavy atom. The van der Waals surface area contributed by atoms with Crippen LogP contribution in [0.3, 0.4) is 0 Å². The van der Waals surface area contributed by atoms with E-state index in [0.29, 0.717) is 0 Å². The number of aromatic nitrogens is 2. The molecule has 1 atom stereocenters. The topological polar surface area (TPSA) is 47.2 Å². The van der Waals surface area contributed by atoms with Crippen molar-refractivity contribution >= 4 is 27.0 Å². The lowest BCUT2D eigenvalue weighted by Gasteiger charge is -2.08. The molecule has 0 radical (unpaired) electrons. The van der Waals surface area contributed by atoms with Crippen LogP contribution in [0.15, 0.2) is 21.4 Å². The second-order valence-electron chi connectivity index (χ2n) is 3.94. The number of imidazole rings is 1. The zero-order valence-electron chi connectivity index (χ0n) is 9.36. The molecule has 16 heavy (non-hydrogen) atoms. The molecule has 0 bridgehead atoms. The van der Waals surface area contributed by atoms with Gasteiger partial charge in [0.25, 0.3) is 0 Å². The van der Waals surface area contributed by atoms with Gasteiger partial charge >= 0.3 is 5.69 Å². The minimum atomic E-state index is -0.561. The van der Waals surface area contributed by atoms with Crippen molar-refractivity contribution in [1.29, 1.82) is 0 Å². The highest BCUT2D eigenvalue weighted by Gasteiger charge is 2.13. The van der Waals surface area contributed by atoms with Crippen LogP contribution in [-0.2, 0) is 14.1 Å². The maximum absolute atomic E-state index is 11.7. The van der Waals surface area contributed by atoms with E-state index in [9.17, 15) is 9.90 Å². The van der Waals surface area contributed by atoms with Crippen molar-refractivity contribution in [3.63, 3.8) is 0 Å². The lowest BCUT2D eigenvalue weighted by atomic mass is 10.1. The predicted octanol–water partition coefficient (Wildman–Crippen LogP) is 1.69. The summed E-state index contributed by atoms with van der Waals surface area (Å²) < 4.78 is 3.98. The van der Waals surface area contributed by atoms with E-state index in [2.05, 4.69) is 15.9 Å². The summed E-state index contributed by atoms with van der Waals surface area (Å²) in [6.07, 6.45) is -0.561. The maximum Gasteiger partial charge on any atom is 0.328 e. The van der Waals surface area contributed by atoms with Gasteiger partial charge in [0.15, 0.2) is 0 Å². The average molecular weight is 285 g/mol. The van der Waals surface area contributed by atoms with Gasteiger partial charge in [-0.2, -0.15) is 0 Å². The number of aryl methyl sites for hydroxylation is 2. The number of aliphatic hydroxyl groups is 1. The Kier molecular flexibility index (Phi) is 2.67. The van der Waals surface area contributed by atoms with E-state index < -0.39 is 6.10 Å². The van der Waals surface area contributed by atoms with Crippen LogP contribution >= 0.6 is 15.9 Å². The lowest BCUT2D eigenvalue weighted by molar-refractivity contribution is 0.198. The molecular weight excluding hydrogens is 272 g/mol. The molecule has 2 rings (SSSR count). The van der Waals surface area contributed by atoms with Gasteiger partial charge in [0.1, 0.15) is 0 Å². The molecule has 0 saturated carbocycles. The van der Waals surface area contributed by atoms with Gasteiger partial charge < -0.3 is 5.11 Å². The molecule has 1 N–H and O–H groups in total. The van der Waals surface area contributed by atoms with Crippen LogP contribution in [0.2, 0.25) is 0 Å². The molecule has 0 fully saturated rings. The second-order valence-corrected chi connectivity index (χ2v) is 4.79. The highest BCUT2D eigenvalue weighted by Crippen LogP contribution is 2.27. The molecule has 0 spiro atoms. The van der Waals surface area contributed by atoms with Gasteiger partial charge in [-0.3, -0.25) is 9.13 Å². The number of halogens is 1. The van der Waals surface area contributed by atoms with Gasteiger partial charge in [0.2, 0.25) is 0 Å². The number of benzene rings is 1. The van der Waals surface area contributed by atoms with Crippen molar-refractivity contribution in [3.05, 3.63) is 32.7 Å². The SMILES string of the molecule is C[C@@H](O)c1cc2c(cc1Br)n(C)c(=O)n2C. The van der Waals surface area contributed by atoms with Crippen molar-refractivity contribution in [2.24, 2.45) is 14.1 Å². The van der Waals surface area contributed by atoms with Gasteiger partial charge in [-0.15, -0.1) is 0 Å². The molecule has 0 aliphatic heterocycles. The lowest BCUT2D eigenvalue weighted by Crippen LogP contribution is -2.19. The summed E-state index contributed by atoms with van der Waals surface area (Å²) in [7, 11) is 3.46. The summed E-state index contributed by atoms with van der Waals surface area (Å²) in [6, 6.07) is 3.70. The third-order valence-corrected chi connectivity index (χ3v) is 3.53. The molecular formula is C11H13BrN2O2. The number of fused-ring (bicyclic) bond motifs is 1. The van der Waals surface area contributed by atoms with Crippen molar-refractivity contribution in [2.75, 3.05) is 0 Å². The summed E-state index contributed by atoms with van der Waals surface area (Å²) in [6.45, 7) is 1.70. The Hall–Kier alpha value is -1.07. The van der Waals surface area contributed by atoms with Crippen LogP contribution in [0.4, 0.5) is 0 Å². The molecule has 0 unspecified atom stereocenters. The quantitative estimate of drug-likeness (QED) is 0.866. The molecule has 0 saturated heterocycles. The van der Waals surface area contributed by atoms with E-state index in [1.165, 1.54) is 0 Å². The van der Waals surface area contributed by atoms with Crippen LogP contribution in [0.1, 0.15) is 18.6 Å². The number of rotatable bonds is 1. The van der Waals surface area contributed by atoms with Crippen molar-refractivity contribution in [2.45, 2.75) is 13.0 Å². The zero-order chi connectivity index (χ0) is 12.0. The molecule has 86 valence electrons. The first kappa shape index (κ1) is 11.4. The van der Waals surface area contributed by atoms with E-state index in [1.54, 1.807) is 30.2 Å².